The number of halogens is 1. The first kappa shape index (κ1) is 20.5. The van der Waals surface area contributed by atoms with Gasteiger partial charge >= 0.3 is 0 Å². The highest BCUT2D eigenvalue weighted by Crippen LogP contribution is 2.38. The lowest BCUT2D eigenvalue weighted by molar-refractivity contribution is -0.118. The van der Waals surface area contributed by atoms with Gasteiger partial charge in [-0.25, -0.2) is 0 Å². The van der Waals surface area contributed by atoms with Crippen LogP contribution >= 0.6 is 12.4 Å². The van der Waals surface area contributed by atoms with Crippen molar-refractivity contribution >= 4 is 29.9 Å². The van der Waals surface area contributed by atoms with Gasteiger partial charge in [0.05, 0.1) is 11.3 Å². The predicted octanol–water partition coefficient (Wildman–Crippen LogP) is 3.10. The van der Waals surface area contributed by atoms with Gasteiger partial charge in [-0.3, -0.25) is 9.59 Å². The van der Waals surface area contributed by atoms with Crippen molar-refractivity contribution in [2.24, 2.45) is 11.1 Å². The molecule has 0 bridgehead atoms. The maximum atomic E-state index is 12.5. The zero-order valence-corrected chi connectivity index (χ0v) is 15.1. The molecule has 0 aromatic heterocycles. The number of hydrogen-bond donors (Lipinski definition) is 3. The van der Waals surface area contributed by atoms with E-state index in [0.29, 0.717) is 30.8 Å². The Bertz CT molecular complexity index is 557. The predicted molar refractivity (Wildman–Crippen MR) is 99.5 cm³/mol. The number of anilines is 1. The summed E-state index contributed by atoms with van der Waals surface area (Å²) < 4.78 is 0. The lowest BCUT2D eigenvalue weighted by atomic mass is 9.71. The van der Waals surface area contributed by atoms with Crippen molar-refractivity contribution in [2.75, 3.05) is 18.4 Å². The second-order valence-electron chi connectivity index (χ2n) is 6.39. The third-order valence-electron chi connectivity index (χ3n) is 4.67. The maximum Gasteiger partial charge on any atom is 0.253 e. The molecule has 0 radical (unpaired) electrons. The van der Waals surface area contributed by atoms with Gasteiger partial charge in [0.2, 0.25) is 5.91 Å². The molecule has 2 amide bonds. The normalized spacial score (nSPS) is 15.9. The van der Waals surface area contributed by atoms with Crippen molar-refractivity contribution in [3.05, 3.63) is 29.8 Å². The zero-order chi connectivity index (χ0) is 16.7. The van der Waals surface area contributed by atoms with E-state index in [2.05, 4.69) is 10.6 Å². The fourth-order valence-electron chi connectivity index (χ4n) is 3.34. The zero-order valence-electron chi connectivity index (χ0n) is 14.3. The molecule has 1 aliphatic carbocycles. The van der Waals surface area contributed by atoms with Crippen molar-refractivity contribution in [3.8, 4) is 0 Å². The molecule has 1 aromatic carbocycles. The smallest absolute Gasteiger partial charge is 0.253 e. The number of nitrogens with two attached hydrogens (primary N) is 1. The molecule has 1 aliphatic rings. The summed E-state index contributed by atoms with van der Waals surface area (Å²) in [6.07, 6.45) is 5.94. The van der Waals surface area contributed by atoms with Gasteiger partial charge < -0.3 is 16.4 Å². The van der Waals surface area contributed by atoms with E-state index in [4.69, 9.17) is 5.73 Å². The van der Waals surface area contributed by atoms with Crippen LogP contribution in [0.25, 0.3) is 0 Å². The minimum Gasteiger partial charge on any atom is -0.352 e. The van der Waals surface area contributed by atoms with Crippen molar-refractivity contribution in [1.82, 2.24) is 5.32 Å². The van der Waals surface area contributed by atoms with Crippen LogP contribution in [0, 0.1) is 5.41 Å². The average Bonchev–Trinajstić information content (AvgIpc) is 2.56. The lowest BCUT2D eigenvalue weighted by Gasteiger charge is -2.35. The number of hydrogen-bond acceptors (Lipinski definition) is 3. The van der Waals surface area contributed by atoms with Crippen molar-refractivity contribution in [3.63, 3.8) is 0 Å². The number of nitrogens with one attached hydrogen (secondary N) is 2. The van der Waals surface area contributed by atoms with Gasteiger partial charge in [-0.1, -0.05) is 31.4 Å². The van der Waals surface area contributed by atoms with Gasteiger partial charge in [-0.05, 0) is 43.9 Å². The Morgan fingerprint density at radius 3 is 2.46 bits per heavy atom. The van der Waals surface area contributed by atoms with Crippen molar-refractivity contribution < 1.29 is 9.59 Å². The van der Waals surface area contributed by atoms with Crippen LogP contribution in [0.5, 0.6) is 0 Å². The largest absolute Gasteiger partial charge is 0.352 e. The fraction of sp³-hybridized carbons (Fsp3) is 0.556. The Kier molecular flexibility index (Phi) is 8.22. The molecule has 0 atom stereocenters. The first-order valence-corrected chi connectivity index (χ1v) is 8.47. The van der Waals surface area contributed by atoms with Gasteiger partial charge in [-0.2, -0.15) is 0 Å². The highest BCUT2D eigenvalue weighted by Gasteiger charge is 2.33. The maximum absolute atomic E-state index is 12.5. The van der Waals surface area contributed by atoms with E-state index in [-0.39, 0.29) is 29.6 Å². The Hall–Kier alpha value is -1.59. The number of carbonyl (C=O) groups is 2. The second kappa shape index (κ2) is 9.64. The van der Waals surface area contributed by atoms with E-state index in [1.54, 1.807) is 18.2 Å². The number of carbonyl (C=O) groups excluding carboxylic acids is 2. The Labute approximate surface area is 150 Å². The highest BCUT2D eigenvalue weighted by molar-refractivity contribution is 6.03. The fourth-order valence-corrected chi connectivity index (χ4v) is 3.34. The molecule has 134 valence electrons. The van der Waals surface area contributed by atoms with Crippen molar-refractivity contribution in [1.29, 1.82) is 0 Å². The summed E-state index contributed by atoms with van der Waals surface area (Å²) in [5.41, 5.74) is 6.93. The van der Waals surface area contributed by atoms with Crippen LogP contribution in [0.1, 0.15) is 55.8 Å². The average molecular weight is 354 g/mol. The van der Waals surface area contributed by atoms with Crippen molar-refractivity contribution in [2.45, 2.75) is 45.4 Å². The van der Waals surface area contributed by atoms with Gasteiger partial charge in [0.25, 0.3) is 5.91 Å². The summed E-state index contributed by atoms with van der Waals surface area (Å²) in [6, 6.07) is 7.10. The Morgan fingerprint density at radius 1 is 1.17 bits per heavy atom. The standard InChI is InChI=1S/C18H27N3O2.ClH/c1-2-20-17(23)14-8-4-5-9-15(14)21-16(22)12-18(13-19)10-6-3-7-11-18;/h4-5,8-9H,2-3,6-7,10-13,19H2,1H3,(H,20,23)(H,21,22);1H. The van der Waals surface area contributed by atoms with E-state index < -0.39 is 0 Å². The molecule has 5 nitrogen and oxygen atoms in total. The SMILES string of the molecule is CCNC(=O)c1ccccc1NC(=O)CC1(CN)CCCCC1.Cl. The highest BCUT2D eigenvalue weighted by atomic mass is 35.5. The molecular weight excluding hydrogens is 326 g/mol. The number of amides is 2. The lowest BCUT2D eigenvalue weighted by Crippen LogP contribution is -2.36. The molecular formula is C18H28ClN3O2. The summed E-state index contributed by atoms with van der Waals surface area (Å²) in [4.78, 5) is 24.6. The second-order valence-corrected chi connectivity index (χ2v) is 6.39. The number of rotatable bonds is 6. The molecule has 0 saturated heterocycles. The summed E-state index contributed by atoms with van der Waals surface area (Å²) in [6.45, 7) is 2.96. The van der Waals surface area contributed by atoms with E-state index in [1.807, 2.05) is 13.0 Å². The summed E-state index contributed by atoms with van der Waals surface area (Å²) in [7, 11) is 0. The molecule has 0 heterocycles. The van der Waals surface area contributed by atoms with Gasteiger partial charge in [0.1, 0.15) is 0 Å². The van der Waals surface area contributed by atoms with E-state index in [0.717, 1.165) is 25.7 Å². The molecule has 1 aromatic rings. The molecule has 1 fully saturated rings. The minimum atomic E-state index is -0.172. The monoisotopic (exact) mass is 353 g/mol. The molecule has 4 N–H and O–H groups in total. The van der Waals surface area contributed by atoms with Crippen LogP contribution in [0.15, 0.2) is 24.3 Å². The molecule has 1 saturated carbocycles. The third-order valence-corrected chi connectivity index (χ3v) is 4.67. The molecule has 2 rings (SSSR count). The Balaban J connectivity index is 0.00000288. The van der Waals surface area contributed by atoms with Gasteiger partial charge in [0, 0.05) is 13.0 Å². The van der Waals surface area contributed by atoms with E-state index in [1.165, 1.54) is 6.42 Å². The first-order valence-electron chi connectivity index (χ1n) is 8.47. The molecule has 0 aliphatic heterocycles. The van der Waals surface area contributed by atoms with Crippen LogP contribution in [0.4, 0.5) is 5.69 Å². The number of benzene rings is 1. The quantitative estimate of drug-likeness (QED) is 0.734. The molecule has 0 spiro atoms. The number of para-hydroxylation sites is 1. The van der Waals surface area contributed by atoms with E-state index >= 15 is 0 Å². The van der Waals surface area contributed by atoms with Crippen LogP contribution in [-0.4, -0.2) is 24.9 Å². The van der Waals surface area contributed by atoms with E-state index in [9.17, 15) is 9.59 Å². The third kappa shape index (κ3) is 5.21. The summed E-state index contributed by atoms with van der Waals surface area (Å²) in [5, 5.41) is 5.67. The molecule has 0 unspecified atom stereocenters. The van der Waals surface area contributed by atoms with Crippen LogP contribution in [0.2, 0.25) is 0 Å². The van der Waals surface area contributed by atoms with Crippen LogP contribution in [0.3, 0.4) is 0 Å². The van der Waals surface area contributed by atoms with Crippen LogP contribution in [-0.2, 0) is 4.79 Å². The Morgan fingerprint density at radius 2 is 1.83 bits per heavy atom. The summed E-state index contributed by atoms with van der Waals surface area (Å²) in [5.74, 6) is -0.233. The molecule has 6 heteroatoms. The van der Waals surface area contributed by atoms with Gasteiger partial charge in [0.15, 0.2) is 0 Å². The first-order chi connectivity index (χ1) is 11.1. The van der Waals surface area contributed by atoms with Crippen LogP contribution < -0.4 is 16.4 Å². The molecule has 24 heavy (non-hydrogen) atoms. The minimum absolute atomic E-state index is 0. The topological polar surface area (TPSA) is 84.2 Å². The summed E-state index contributed by atoms with van der Waals surface area (Å²) >= 11 is 0. The van der Waals surface area contributed by atoms with Gasteiger partial charge in [-0.15, -0.1) is 12.4 Å².